The van der Waals surface area contributed by atoms with E-state index in [0.717, 1.165) is 5.92 Å². The summed E-state index contributed by atoms with van der Waals surface area (Å²) in [6, 6.07) is 0.698. The molecule has 0 aromatic rings. The van der Waals surface area contributed by atoms with Gasteiger partial charge in [-0.05, 0) is 39.8 Å². The van der Waals surface area contributed by atoms with E-state index in [2.05, 4.69) is 39.6 Å². The molecule has 0 N–H and O–H groups in total. The third-order valence-corrected chi connectivity index (χ3v) is 2.42. The Morgan fingerprint density at radius 1 is 1.00 bits per heavy atom. The molecule has 1 heteroatoms. The van der Waals surface area contributed by atoms with Gasteiger partial charge in [-0.15, -0.1) is 0 Å². The molecule has 0 rings (SSSR count). The average molecular weight is 171 g/mol. The van der Waals surface area contributed by atoms with E-state index >= 15 is 0 Å². The van der Waals surface area contributed by atoms with E-state index < -0.39 is 0 Å². The molecule has 74 valence electrons. The molecule has 0 aliphatic rings. The van der Waals surface area contributed by atoms with Crippen LogP contribution in [0.15, 0.2) is 0 Å². The van der Waals surface area contributed by atoms with Gasteiger partial charge in [-0.2, -0.15) is 0 Å². The first-order valence-corrected chi connectivity index (χ1v) is 5.24. The molecule has 0 spiro atoms. The van der Waals surface area contributed by atoms with Crippen LogP contribution in [-0.4, -0.2) is 24.5 Å². The van der Waals surface area contributed by atoms with Crippen LogP contribution in [-0.2, 0) is 0 Å². The maximum atomic E-state index is 2.42. The fourth-order valence-corrected chi connectivity index (χ4v) is 1.17. The summed E-state index contributed by atoms with van der Waals surface area (Å²) in [5.41, 5.74) is 0. The van der Waals surface area contributed by atoms with E-state index in [1.54, 1.807) is 0 Å². The van der Waals surface area contributed by atoms with Crippen LogP contribution in [0.25, 0.3) is 0 Å². The molecule has 0 fully saturated rings. The summed E-state index contributed by atoms with van der Waals surface area (Å²) >= 11 is 0. The Morgan fingerprint density at radius 2 is 1.58 bits per heavy atom. The maximum Gasteiger partial charge on any atom is 0.00355 e. The fraction of sp³-hybridized carbons (Fsp3) is 1.00. The van der Waals surface area contributed by atoms with Gasteiger partial charge < -0.3 is 4.90 Å². The van der Waals surface area contributed by atoms with Gasteiger partial charge in [0.25, 0.3) is 0 Å². The molecule has 0 aromatic carbocycles. The van der Waals surface area contributed by atoms with Crippen molar-refractivity contribution in [2.45, 2.75) is 53.0 Å². The van der Waals surface area contributed by atoms with E-state index in [0.29, 0.717) is 6.04 Å². The van der Waals surface area contributed by atoms with Gasteiger partial charge in [0.15, 0.2) is 0 Å². The Labute approximate surface area is 78.1 Å². The molecule has 0 aliphatic heterocycles. The first-order valence-electron chi connectivity index (χ1n) is 5.24. The number of rotatable bonds is 6. The Hall–Kier alpha value is -0.0400. The third kappa shape index (κ3) is 6.66. The number of hydrogen-bond donors (Lipinski definition) is 0. The Morgan fingerprint density at radius 3 is 2.00 bits per heavy atom. The van der Waals surface area contributed by atoms with Crippen molar-refractivity contribution in [2.75, 3.05) is 13.6 Å². The van der Waals surface area contributed by atoms with Gasteiger partial charge in [-0.3, -0.25) is 0 Å². The van der Waals surface area contributed by atoms with Crippen molar-refractivity contribution < 1.29 is 0 Å². The van der Waals surface area contributed by atoms with E-state index in [-0.39, 0.29) is 0 Å². The quantitative estimate of drug-likeness (QED) is 0.555. The number of unbranched alkanes of at least 4 members (excludes halogenated alkanes) is 1. The molecule has 0 aliphatic carbocycles. The van der Waals surface area contributed by atoms with Gasteiger partial charge in [0.2, 0.25) is 0 Å². The van der Waals surface area contributed by atoms with Crippen molar-refractivity contribution in [3.05, 3.63) is 0 Å². The molecule has 0 saturated carbocycles. The van der Waals surface area contributed by atoms with Crippen LogP contribution in [0.2, 0.25) is 0 Å². The lowest BCUT2D eigenvalue weighted by Crippen LogP contribution is -2.27. The zero-order chi connectivity index (χ0) is 9.56. The highest BCUT2D eigenvalue weighted by atomic mass is 15.1. The average Bonchev–Trinajstić information content (AvgIpc) is 1.97. The lowest BCUT2D eigenvalue weighted by Gasteiger charge is -2.20. The smallest absolute Gasteiger partial charge is 0.00355 e. The monoisotopic (exact) mass is 171 g/mol. The van der Waals surface area contributed by atoms with Crippen molar-refractivity contribution in [1.29, 1.82) is 0 Å². The van der Waals surface area contributed by atoms with Crippen LogP contribution in [0.1, 0.15) is 47.0 Å². The highest BCUT2D eigenvalue weighted by molar-refractivity contribution is 4.57. The predicted octanol–water partition coefficient (Wildman–Crippen LogP) is 3.15. The van der Waals surface area contributed by atoms with E-state index in [1.165, 1.54) is 25.8 Å². The SMILES string of the molecule is CC(C)CCCCN(C)C(C)C. The molecule has 0 unspecified atom stereocenters. The zero-order valence-electron chi connectivity index (χ0n) is 9.43. The zero-order valence-corrected chi connectivity index (χ0v) is 9.43. The van der Waals surface area contributed by atoms with Gasteiger partial charge in [-0.25, -0.2) is 0 Å². The van der Waals surface area contributed by atoms with Crippen molar-refractivity contribution in [1.82, 2.24) is 4.90 Å². The minimum absolute atomic E-state index is 0.698. The van der Waals surface area contributed by atoms with Crippen molar-refractivity contribution in [3.63, 3.8) is 0 Å². The lowest BCUT2D eigenvalue weighted by molar-refractivity contribution is 0.265. The van der Waals surface area contributed by atoms with Crippen LogP contribution in [0.4, 0.5) is 0 Å². The molecule has 12 heavy (non-hydrogen) atoms. The van der Waals surface area contributed by atoms with Gasteiger partial charge in [-0.1, -0.05) is 26.7 Å². The normalized spacial score (nSPS) is 12.0. The second kappa shape index (κ2) is 6.47. The Balaban J connectivity index is 3.20. The molecule has 0 atom stereocenters. The molecular formula is C11H25N. The lowest BCUT2D eigenvalue weighted by atomic mass is 10.1. The van der Waals surface area contributed by atoms with Gasteiger partial charge >= 0.3 is 0 Å². The highest BCUT2D eigenvalue weighted by Crippen LogP contribution is 2.07. The van der Waals surface area contributed by atoms with Gasteiger partial charge in [0.05, 0.1) is 0 Å². The van der Waals surface area contributed by atoms with Gasteiger partial charge in [0.1, 0.15) is 0 Å². The first kappa shape index (κ1) is 12.0. The second-order valence-electron chi connectivity index (χ2n) is 4.46. The minimum atomic E-state index is 0.698. The van der Waals surface area contributed by atoms with Crippen molar-refractivity contribution in [2.24, 2.45) is 5.92 Å². The fourth-order valence-electron chi connectivity index (χ4n) is 1.17. The highest BCUT2D eigenvalue weighted by Gasteiger charge is 2.02. The summed E-state index contributed by atoms with van der Waals surface area (Å²) in [5.74, 6) is 0.870. The van der Waals surface area contributed by atoms with E-state index in [9.17, 15) is 0 Å². The summed E-state index contributed by atoms with van der Waals surface area (Å²) in [6.07, 6.45) is 4.12. The maximum absolute atomic E-state index is 2.42. The molecule has 0 heterocycles. The van der Waals surface area contributed by atoms with Crippen LogP contribution < -0.4 is 0 Å². The Kier molecular flexibility index (Phi) is 6.45. The largest absolute Gasteiger partial charge is 0.304 e. The second-order valence-corrected chi connectivity index (χ2v) is 4.46. The summed E-state index contributed by atoms with van der Waals surface area (Å²) in [5, 5.41) is 0. The topological polar surface area (TPSA) is 3.24 Å². The first-order chi connectivity index (χ1) is 5.54. The number of nitrogens with zero attached hydrogens (tertiary/aromatic N) is 1. The summed E-state index contributed by atoms with van der Waals surface area (Å²) in [6.45, 7) is 10.4. The standard InChI is InChI=1S/C11H25N/c1-10(2)8-6-7-9-12(5)11(3)4/h10-11H,6-9H2,1-5H3. The van der Waals surface area contributed by atoms with Crippen molar-refractivity contribution >= 4 is 0 Å². The molecular weight excluding hydrogens is 146 g/mol. The summed E-state index contributed by atoms with van der Waals surface area (Å²) in [4.78, 5) is 2.42. The molecule has 0 bridgehead atoms. The summed E-state index contributed by atoms with van der Waals surface area (Å²) < 4.78 is 0. The molecule has 0 saturated heterocycles. The predicted molar refractivity (Wildman–Crippen MR) is 56.5 cm³/mol. The molecule has 1 nitrogen and oxygen atoms in total. The summed E-state index contributed by atoms with van der Waals surface area (Å²) in [7, 11) is 2.21. The van der Waals surface area contributed by atoms with Crippen molar-refractivity contribution in [3.8, 4) is 0 Å². The third-order valence-electron chi connectivity index (χ3n) is 2.42. The molecule has 0 amide bonds. The minimum Gasteiger partial charge on any atom is -0.304 e. The van der Waals surface area contributed by atoms with Crippen LogP contribution in [0.5, 0.6) is 0 Å². The Bertz CT molecular complexity index is 97.2. The van der Waals surface area contributed by atoms with E-state index in [4.69, 9.17) is 0 Å². The van der Waals surface area contributed by atoms with Crippen LogP contribution in [0, 0.1) is 5.92 Å². The molecule has 0 aromatic heterocycles. The van der Waals surface area contributed by atoms with Crippen LogP contribution >= 0.6 is 0 Å². The van der Waals surface area contributed by atoms with Gasteiger partial charge in [0, 0.05) is 6.04 Å². The molecule has 0 radical (unpaired) electrons. The van der Waals surface area contributed by atoms with E-state index in [1.807, 2.05) is 0 Å². The number of hydrogen-bond acceptors (Lipinski definition) is 1. The van der Waals surface area contributed by atoms with Crippen LogP contribution in [0.3, 0.4) is 0 Å².